The summed E-state index contributed by atoms with van der Waals surface area (Å²) in [7, 11) is 1.50. The Morgan fingerprint density at radius 1 is 1.47 bits per heavy atom. The Morgan fingerprint density at radius 2 is 2.21 bits per heavy atom. The molecule has 0 spiro atoms. The molecule has 2 N–H and O–H groups in total. The van der Waals surface area contributed by atoms with Gasteiger partial charge in [-0.3, -0.25) is 4.79 Å². The Balaban J connectivity index is 2.04. The Kier molecular flexibility index (Phi) is 3.87. The van der Waals surface area contributed by atoms with Gasteiger partial charge in [0.1, 0.15) is 11.2 Å². The van der Waals surface area contributed by atoms with Crippen LogP contribution in [-0.2, 0) is 4.74 Å². The molecule has 5 heteroatoms. The number of rotatable bonds is 5. The van der Waals surface area contributed by atoms with E-state index in [-0.39, 0.29) is 24.8 Å². The van der Waals surface area contributed by atoms with Crippen molar-refractivity contribution in [3.05, 3.63) is 36.1 Å². The summed E-state index contributed by atoms with van der Waals surface area (Å²) < 4.78 is 10.3. The van der Waals surface area contributed by atoms with Crippen LogP contribution < -0.4 is 5.32 Å². The van der Waals surface area contributed by atoms with Crippen LogP contribution in [0.15, 0.2) is 34.7 Å². The van der Waals surface area contributed by atoms with Crippen molar-refractivity contribution in [1.29, 1.82) is 0 Å². The van der Waals surface area contributed by atoms with Crippen molar-refractivity contribution in [3.63, 3.8) is 0 Å². The highest BCUT2D eigenvalue weighted by atomic mass is 16.5. The van der Waals surface area contributed by atoms with Crippen molar-refractivity contribution in [1.82, 2.24) is 5.32 Å². The minimum Gasteiger partial charge on any atom is -0.451 e. The van der Waals surface area contributed by atoms with Crippen LogP contribution in [0.25, 0.3) is 11.0 Å². The van der Waals surface area contributed by atoms with Gasteiger partial charge in [0.15, 0.2) is 5.76 Å². The van der Waals surface area contributed by atoms with E-state index < -0.39 is 5.60 Å². The molecule has 0 bridgehead atoms. The van der Waals surface area contributed by atoms with Crippen LogP contribution in [0.5, 0.6) is 0 Å². The summed E-state index contributed by atoms with van der Waals surface area (Å²) in [5.41, 5.74) is -0.438. The Hall–Kier alpha value is -1.85. The molecule has 0 fully saturated rings. The third-order valence-electron chi connectivity index (χ3n) is 2.73. The van der Waals surface area contributed by atoms with Crippen LogP contribution in [0.1, 0.15) is 17.5 Å². The monoisotopic (exact) mass is 263 g/mol. The van der Waals surface area contributed by atoms with Crippen molar-refractivity contribution in [2.75, 3.05) is 20.3 Å². The van der Waals surface area contributed by atoms with E-state index in [1.807, 2.05) is 18.2 Å². The summed E-state index contributed by atoms with van der Waals surface area (Å²) in [6.07, 6.45) is 0. The molecule has 0 saturated carbocycles. The van der Waals surface area contributed by atoms with E-state index in [9.17, 15) is 9.90 Å². The van der Waals surface area contributed by atoms with Gasteiger partial charge in [-0.25, -0.2) is 0 Å². The average molecular weight is 263 g/mol. The van der Waals surface area contributed by atoms with Gasteiger partial charge in [0.25, 0.3) is 5.91 Å². The predicted octanol–water partition coefficient (Wildman–Crippen LogP) is 1.56. The lowest BCUT2D eigenvalue weighted by molar-refractivity contribution is -0.0148. The average Bonchev–Trinajstić information content (AvgIpc) is 2.79. The molecule has 1 aromatic carbocycles. The smallest absolute Gasteiger partial charge is 0.287 e. The number of methoxy groups -OCH3 is 1. The van der Waals surface area contributed by atoms with E-state index in [4.69, 9.17) is 9.15 Å². The molecule has 0 aliphatic heterocycles. The molecule has 102 valence electrons. The van der Waals surface area contributed by atoms with Gasteiger partial charge in [0.05, 0.1) is 6.61 Å². The molecule has 1 amide bonds. The minimum absolute atomic E-state index is 0.0940. The van der Waals surface area contributed by atoms with E-state index in [0.717, 1.165) is 5.39 Å². The van der Waals surface area contributed by atoms with E-state index in [0.29, 0.717) is 5.58 Å². The van der Waals surface area contributed by atoms with Crippen LogP contribution in [-0.4, -0.2) is 36.9 Å². The second-order valence-corrected chi connectivity index (χ2v) is 4.76. The number of amides is 1. The number of benzene rings is 1. The maximum absolute atomic E-state index is 11.9. The molecule has 2 rings (SSSR count). The number of ether oxygens (including phenoxy) is 1. The second kappa shape index (κ2) is 5.42. The number of furan rings is 1. The lowest BCUT2D eigenvalue weighted by Crippen LogP contribution is -2.43. The first-order valence-electron chi connectivity index (χ1n) is 6.00. The van der Waals surface area contributed by atoms with Crippen LogP contribution >= 0.6 is 0 Å². The Bertz CT molecular complexity index is 541. The number of carbonyl (C=O) groups excluding carboxylic acids is 1. The fourth-order valence-electron chi connectivity index (χ4n) is 1.81. The summed E-state index contributed by atoms with van der Waals surface area (Å²) in [6, 6.07) is 9.07. The number of carbonyl (C=O) groups is 1. The molecule has 0 saturated heterocycles. The summed E-state index contributed by atoms with van der Waals surface area (Å²) >= 11 is 0. The lowest BCUT2D eigenvalue weighted by Gasteiger charge is -2.22. The largest absolute Gasteiger partial charge is 0.451 e. The van der Waals surface area contributed by atoms with Gasteiger partial charge in [-0.1, -0.05) is 18.2 Å². The van der Waals surface area contributed by atoms with Crippen LogP contribution in [0.4, 0.5) is 0 Å². The fraction of sp³-hybridized carbons (Fsp3) is 0.357. The quantitative estimate of drug-likeness (QED) is 0.858. The maximum atomic E-state index is 11.9. The highest BCUT2D eigenvalue weighted by molar-refractivity contribution is 5.96. The molecule has 0 aliphatic carbocycles. The summed E-state index contributed by atoms with van der Waals surface area (Å²) in [5.74, 6) is -0.123. The molecule has 19 heavy (non-hydrogen) atoms. The third-order valence-corrected chi connectivity index (χ3v) is 2.73. The van der Waals surface area contributed by atoms with Crippen molar-refractivity contribution in [2.24, 2.45) is 0 Å². The molecule has 0 unspecified atom stereocenters. The summed E-state index contributed by atoms with van der Waals surface area (Å²) in [6.45, 7) is 1.83. The number of para-hydroxylation sites is 1. The Labute approximate surface area is 111 Å². The first-order chi connectivity index (χ1) is 9.02. The van der Waals surface area contributed by atoms with Crippen LogP contribution in [0, 0.1) is 0 Å². The van der Waals surface area contributed by atoms with Crippen molar-refractivity contribution < 1.29 is 19.1 Å². The van der Waals surface area contributed by atoms with Gasteiger partial charge in [-0.2, -0.15) is 0 Å². The standard InChI is InChI=1S/C14H17NO4/c1-14(17,9-18-2)8-15-13(16)12-7-10-5-3-4-6-11(10)19-12/h3-7,17H,8-9H2,1-2H3,(H,15,16)/t14-/m0/s1. The number of nitrogens with one attached hydrogen (secondary N) is 1. The highest BCUT2D eigenvalue weighted by Gasteiger charge is 2.22. The summed E-state index contributed by atoms with van der Waals surface area (Å²) in [4.78, 5) is 11.9. The Morgan fingerprint density at radius 3 is 2.89 bits per heavy atom. The molecule has 1 heterocycles. The van der Waals surface area contributed by atoms with Gasteiger partial charge in [-0.15, -0.1) is 0 Å². The fourth-order valence-corrected chi connectivity index (χ4v) is 1.81. The lowest BCUT2D eigenvalue weighted by atomic mass is 10.1. The molecule has 5 nitrogen and oxygen atoms in total. The number of fused-ring (bicyclic) bond motifs is 1. The SMILES string of the molecule is COC[C@@](C)(O)CNC(=O)c1cc2ccccc2o1. The van der Waals surface area contributed by atoms with Crippen LogP contribution in [0.3, 0.4) is 0 Å². The maximum Gasteiger partial charge on any atom is 0.287 e. The van der Waals surface area contributed by atoms with Gasteiger partial charge < -0.3 is 19.6 Å². The van der Waals surface area contributed by atoms with E-state index in [1.165, 1.54) is 7.11 Å². The van der Waals surface area contributed by atoms with E-state index in [2.05, 4.69) is 5.32 Å². The molecular formula is C14H17NO4. The topological polar surface area (TPSA) is 71.7 Å². The first kappa shape index (κ1) is 13.6. The zero-order valence-electron chi connectivity index (χ0n) is 11.0. The normalized spacial score (nSPS) is 14.3. The zero-order chi connectivity index (χ0) is 13.9. The highest BCUT2D eigenvalue weighted by Crippen LogP contribution is 2.18. The molecular weight excluding hydrogens is 246 g/mol. The van der Waals surface area contributed by atoms with E-state index >= 15 is 0 Å². The zero-order valence-corrected chi connectivity index (χ0v) is 11.0. The molecule has 0 aliphatic rings. The van der Waals surface area contributed by atoms with Crippen molar-refractivity contribution in [3.8, 4) is 0 Å². The number of hydrogen-bond acceptors (Lipinski definition) is 4. The van der Waals surface area contributed by atoms with Crippen LogP contribution in [0.2, 0.25) is 0 Å². The molecule has 0 radical (unpaired) electrons. The van der Waals surface area contributed by atoms with Crippen molar-refractivity contribution in [2.45, 2.75) is 12.5 Å². The van der Waals surface area contributed by atoms with Crippen molar-refractivity contribution >= 4 is 16.9 Å². The third kappa shape index (κ3) is 3.33. The molecule has 1 aromatic heterocycles. The van der Waals surface area contributed by atoms with E-state index in [1.54, 1.807) is 19.1 Å². The second-order valence-electron chi connectivity index (χ2n) is 4.76. The predicted molar refractivity (Wildman–Crippen MR) is 71.0 cm³/mol. The first-order valence-corrected chi connectivity index (χ1v) is 6.00. The minimum atomic E-state index is -1.10. The van der Waals surface area contributed by atoms with Gasteiger partial charge in [0.2, 0.25) is 0 Å². The number of aliphatic hydroxyl groups is 1. The molecule has 2 aromatic rings. The van der Waals surface area contributed by atoms with Gasteiger partial charge >= 0.3 is 0 Å². The van der Waals surface area contributed by atoms with Gasteiger partial charge in [0, 0.05) is 19.0 Å². The number of hydrogen-bond donors (Lipinski definition) is 2. The summed E-state index contributed by atoms with van der Waals surface area (Å²) in [5, 5.41) is 13.4. The molecule has 1 atom stereocenters. The van der Waals surface area contributed by atoms with Gasteiger partial charge in [-0.05, 0) is 19.1 Å².